The molecule has 3 aromatic heterocycles. The zero-order chi connectivity index (χ0) is 26.9. The molecule has 2 bridgehead atoms. The predicted molar refractivity (Wildman–Crippen MR) is 134 cm³/mol. The number of aromatic nitrogens is 7. The van der Waals surface area contributed by atoms with E-state index in [1.54, 1.807) is 18.5 Å². The Bertz CT molecular complexity index is 1670. The Morgan fingerprint density at radius 1 is 1.13 bits per heavy atom. The van der Waals surface area contributed by atoms with Crippen LogP contribution >= 0.6 is 0 Å². The summed E-state index contributed by atoms with van der Waals surface area (Å²) in [5, 5.41) is 13.2. The fourth-order valence-corrected chi connectivity index (χ4v) is 6.78. The summed E-state index contributed by atoms with van der Waals surface area (Å²) >= 11 is 0. The lowest BCUT2D eigenvalue weighted by molar-refractivity contribution is 0.242. The van der Waals surface area contributed by atoms with Crippen molar-refractivity contribution in [2.45, 2.75) is 44.4 Å². The van der Waals surface area contributed by atoms with Gasteiger partial charge in [0.05, 0.1) is 40.0 Å². The van der Waals surface area contributed by atoms with Crippen molar-refractivity contribution in [1.82, 2.24) is 34.9 Å². The molecule has 196 valence electrons. The summed E-state index contributed by atoms with van der Waals surface area (Å²) in [4.78, 5) is 13.6. The first-order valence-corrected chi connectivity index (χ1v) is 14.3. The molecular weight excluding hydrogens is 512 g/mol. The van der Waals surface area contributed by atoms with Crippen LogP contribution in [0.5, 0.6) is 0 Å². The Morgan fingerprint density at radius 2 is 1.89 bits per heavy atom. The Labute approximate surface area is 218 Å². The number of hydrogen-bond donors (Lipinski definition) is 0. The van der Waals surface area contributed by atoms with Crippen LogP contribution in [0.3, 0.4) is 0 Å². The Balaban J connectivity index is 1.41. The Morgan fingerprint density at radius 3 is 2.63 bits per heavy atom. The molecule has 1 saturated carbocycles. The highest BCUT2D eigenvalue weighted by Gasteiger charge is 2.65. The molecule has 1 aromatic carbocycles. The molecule has 4 aromatic rings. The summed E-state index contributed by atoms with van der Waals surface area (Å²) in [5.41, 5.74) is 1.44. The summed E-state index contributed by atoms with van der Waals surface area (Å²) < 4.78 is 53.5. The monoisotopic (exact) mass is 537 g/mol. The second-order valence-corrected chi connectivity index (χ2v) is 12.9. The van der Waals surface area contributed by atoms with Gasteiger partial charge in [-0.3, -0.25) is 4.98 Å². The van der Waals surface area contributed by atoms with Crippen molar-refractivity contribution in [2.24, 2.45) is 5.41 Å². The molecule has 0 N–H and O–H groups in total. The number of fused-ring (bicyclic) bond motifs is 5. The lowest BCUT2D eigenvalue weighted by Crippen LogP contribution is -2.38. The van der Waals surface area contributed by atoms with Gasteiger partial charge in [0.25, 0.3) is 0 Å². The second kappa shape index (κ2) is 8.42. The lowest BCUT2D eigenvalue weighted by atomic mass is 9.66. The molecule has 2 aliphatic rings. The zero-order valence-electron chi connectivity index (χ0n) is 21.1. The van der Waals surface area contributed by atoms with Crippen LogP contribution < -0.4 is 0 Å². The molecule has 0 aliphatic heterocycles. The van der Waals surface area contributed by atoms with Crippen molar-refractivity contribution in [3.63, 3.8) is 0 Å². The molecule has 2 aliphatic carbocycles. The lowest BCUT2D eigenvalue weighted by Gasteiger charge is -2.37. The number of rotatable bonds is 6. The maximum Gasteiger partial charge on any atom is 0.173 e. The van der Waals surface area contributed by atoms with Crippen molar-refractivity contribution >= 4 is 9.84 Å². The van der Waals surface area contributed by atoms with Crippen LogP contribution in [0, 0.1) is 17.0 Å². The minimum Gasteiger partial charge on any atom is -0.259 e. The van der Waals surface area contributed by atoms with Crippen molar-refractivity contribution in [1.29, 1.82) is 0 Å². The molecular formula is C26H25F2N7O2S. The molecule has 0 radical (unpaired) electrons. The molecule has 38 heavy (non-hydrogen) atoms. The number of nitrogens with zero attached hydrogens (tertiary/aromatic N) is 7. The fourth-order valence-electron chi connectivity index (χ4n) is 6.23. The van der Waals surface area contributed by atoms with Gasteiger partial charge in [0.15, 0.2) is 11.6 Å². The van der Waals surface area contributed by atoms with E-state index < -0.39 is 26.9 Å². The number of halogens is 2. The maximum atomic E-state index is 14.5. The number of hydrogen-bond acceptors (Lipinski definition) is 8. The van der Waals surface area contributed by atoms with Crippen LogP contribution in [0.15, 0.2) is 43.0 Å². The van der Waals surface area contributed by atoms with E-state index in [9.17, 15) is 17.2 Å². The van der Waals surface area contributed by atoms with Gasteiger partial charge < -0.3 is 0 Å². The van der Waals surface area contributed by atoms with Gasteiger partial charge in [-0.25, -0.2) is 31.8 Å². The summed E-state index contributed by atoms with van der Waals surface area (Å²) in [6.07, 6.45) is 7.78. The highest BCUT2D eigenvalue weighted by atomic mass is 32.2. The molecule has 0 amide bonds. The Hall–Kier alpha value is -3.67. The van der Waals surface area contributed by atoms with Gasteiger partial charge in [0.2, 0.25) is 0 Å². The molecule has 0 saturated heterocycles. The van der Waals surface area contributed by atoms with Gasteiger partial charge >= 0.3 is 0 Å². The van der Waals surface area contributed by atoms with E-state index in [0.717, 1.165) is 24.1 Å². The quantitative estimate of drug-likeness (QED) is 0.366. The third-order valence-electron chi connectivity index (χ3n) is 8.13. The van der Waals surface area contributed by atoms with E-state index in [2.05, 4.69) is 39.1 Å². The average molecular weight is 538 g/mol. The standard InChI is InChI=1S/C26H25F2N7O2S/c1-25(2)16-7-9-26(25,24-15(16)11-19(32-33-24)23-17(27)5-4-6-18(23)28)20-12-29-13-22(31-20)35-14-30-21(34-35)8-10-38(3,36)37/h4-6,11-14,16H,7-10H2,1-3H3/t16-,26+/m0/s1. The first-order valence-electron chi connectivity index (χ1n) is 12.2. The van der Waals surface area contributed by atoms with Crippen LogP contribution in [-0.2, 0) is 21.7 Å². The van der Waals surface area contributed by atoms with Gasteiger partial charge in [-0.1, -0.05) is 19.9 Å². The summed E-state index contributed by atoms with van der Waals surface area (Å²) in [7, 11) is -3.14. The van der Waals surface area contributed by atoms with E-state index in [4.69, 9.17) is 4.98 Å². The minimum atomic E-state index is -3.14. The molecule has 2 atom stereocenters. The van der Waals surface area contributed by atoms with E-state index in [-0.39, 0.29) is 34.8 Å². The normalized spacial score (nSPS) is 21.6. The topological polar surface area (TPSA) is 116 Å². The van der Waals surface area contributed by atoms with Crippen molar-refractivity contribution in [3.05, 3.63) is 77.4 Å². The third kappa shape index (κ3) is 3.64. The first-order chi connectivity index (χ1) is 18.0. The first kappa shape index (κ1) is 24.7. The number of benzene rings is 1. The van der Waals surface area contributed by atoms with E-state index in [1.165, 1.54) is 35.5 Å². The summed E-state index contributed by atoms with van der Waals surface area (Å²) in [6, 6.07) is 5.51. The number of aryl methyl sites for hydroxylation is 1. The molecule has 0 unspecified atom stereocenters. The second-order valence-electron chi connectivity index (χ2n) is 10.6. The Kier molecular flexibility index (Phi) is 5.46. The molecule has 1 fully saturated rings. The largest absolute Gasteiger partial charge is 0.259 e. The van der Waals surface area contributed by atoms with Gasteiger partial charge in [0.1, 0.15) is 27.8 Å². The van der Waals surface area contributed by atoms with E-state index in [1.807, 2.05) is 0 Å². The highest BCUT2D eigenvalue weighted by molar-refractivity contribution is 7.90. The smallest absolute Gasteiger partial charge is 0.173 e. The minimum absolute atomic E-state index is 0.0460. The molecule has 6 rings (SSSR count). The average Bonchev–Trinajstić information content (AvgIpc) is 3.50. The van der Waals surface area contributed by atoms with Crippen molar-refractivity contribution in [2.75, 3.05) is 12.0 Å². The fraction of sp³-hybridized carbons (Fsp3) is 0.385. The predicted octanol–water partition coefficient (Wildman–Crippen LogP) is 3.58. The third-order valence-corrected chi connectivity index (χ3v) is 9.08. The van der Waals surface area contributed by atoms with Crippen LogP contribution in [0.1, 0.15) is 55.4 Å². The van der Waals surface area contributed by atoms with Crippen LogP contribution in [-0.4, -0.2) is 55.4 Å². The van der Waals surface area contributed by atoms with Gasteiger partial charge in [-0.05, 0) is 47.9 Å². The van der Waals surface area contributed by atoms with E-state index >= 15 is 0 Å². The van der Waals surface area contributed by atoms with E-state index in [0.29, 0.717) is 17.3 Å². The summed E-state index contributed by atoms with van der Waals surface area (Å²) in [6.45, 7) is 4.31. The van der Waals surface area contributed by atoms with Crippen LogP contribution in [0.4, 0.5) is 8.78 Å². The molecule has 12 heteroatoms. The van der Waals surface area contributed by atoms with Gasteiger partial charge in [-0.15, -0.1) is 10.2 Å². The summed E-state index contributed by atoms with van der Waals surface area (Å²) in [5.74, 6) is -0.471. The van der Waals surface area contributed by atoms with Gasteiger partial charge in [0, 0.05) is 18.9 Å². The zero-order valence-corrected chi connectivity index (χ0v) is 21.9. The van der Waals surface area contributed by atoms with Crippen molar-refractivity contribution in [3.8, 4) is 17.1 Å². The SMILES string of the molecule is CC1(C)[C@H]2CC[C@@]1(c1cncc(-n3cnc(CCS(C)(=O)=O)n3)n1)c1nnc(-c3c(F)cccc3F)cc12. The molecule has 9 nitrogen and oxygen atoms in total. The van der Waals surface area contributed by atoms with Crippen LogP contribution in [0.25, 0.3) is 17.1 Å². The molecule has 0 spiro atoms. The van der Waals surface area contributed by atoms with Gasteiger partial charge in [-0.2, -0.15) is 5.10 Å². The highest BCUT2D eigenvalue weighted by Crippen LogP contribution is 2.69. The van der Waals surface area contributed by atoms with Crippen molar-refractivity contribution < 1.29 is 17.2 Å². The number of sulfone groups is 1. The van der Waals surface area contributed by atoms with Crippen LogP contribution in [0.2, 0.25) is 0 Å². The molecule has 3 heterocycles. The maximum absolute atomic E-state index is 14.5.